The Morgan fingerprint density at radius 3 is 2.44 bits per heavy atom. The van der Waals surface area contributed by atoms with Crippen LogP contribution in [0.25, 0.3) is 0 Å². The van der Waals surface area contributed by atoms with Gasteiger partial charge in [0, 0.05) is 17.4 Å². The summed E-state index contributed by atoms with van der Waals surface area (Å²) in [5.74, 6) is 2.73. The third-order valence-electron chi connectivity index (χ3n) is 6.31. The van der Waals surface area contributed by atoms with Gasteiger partial charge in [0.05, 0.1) is 6.61 Å². The molecule has 3 heteroatoms. The number of aryl methyl sites for hydroxylation is 1. The highest BCUT2D eigenvalue weighted by Crippen LogP contribution is 2.29. The highest BCUT2D eigenvalue weighted by molar-refractivity contribution is 5.65. The van der Waals surface area contributed by atoms with Crippen LogP contribution in [0.2, 0.25) is 0 Å². The topological polar surface area (TPSA) is 30.5 Å². The van der Waals surface area contributed by atoms with Crippen molar-refractivity contribution in [2.75, 3.05) is 11.9 Å². The SMILES string of the molecule is Cc1cc(OCc2ccccc2)ccc1Nc1cccc(OCCCC2CCCCC2)c1. The second-order valence-electron chi connectivity index (χ2n) is 8.90. The highest BCUT2D eigenvalue weighted by Gasteiger charge is 2.12. The summed E-state index contributed by atoms with van der Waals surface area (Å²) in [5.41, 5.74) is 4.43. The molecule has 3 aromatic rings. The van der Waals surface area contributed by atoms with Crippen LogP contribution < -0.4 is 14.8 Å². The van der Waals surface area contributed by atoms with E-state index in [1.165, 1.54) is 44.1 Å². The van der Waals surface area contributed by atoms with Crippen LogP contribution in [-0.4, -0.2) is 6.61 Å². The molecule has 1 aliphatic carbocycles. The Balaban J connectivity index is 1.26. The van der Waals surface area contributed by atoms with Crippen LogP contribution in [0.3, 0.4) is 0 Å². The largest absolute Gasteiger partial charge is 0.494 e. The lowest BCUT2D eigenvalue weighted by Gasteiger charge is -2.21. The summed E-state index contributed by atoms with van der Waals surface area (Å²) in [7, 11) is 0. The van der Waals surface area contributed by atoms with E-state index >= 15 is 0 Å². The van der Waals surface area contributed by atoms with Crippen LogP contribution in [0, 0.1) is 12.8 Å². The maximum Gasteiger partial charge on any atom is 0.121 e. The molecule has 4 rings (SSSR count). The fraction of sp³-hybridized carbons (Fsp3) is 0.379. The Hall–Kier alpha value is -2.94. The highest BCUT2D eigenvalue weighted by atomic mass is 16.5. The molecule has 32 heavy (non-hydrogen) atoms. The van der Waals surface area contributed by atoms with Gasteiger partial charge in [0.25, 0.3) is 0 Å². The normalized spacial score (nSPS) is 14.2. The first-order valence-electron chi connectivity index (χ1n) is 12.0. The van der Waals surface area contributed by atoms with Crippen LogP contribution >= 0.6 is 0 Å². The average molecular weight is 430 g/mol. The Bertz CT molecular complexity index is 964. The fourth-order valence-electron chi connectivity index (χ4n) is 4.46. The molecule has 0 amide bonds. The third kappa shape index (κ3) is 6.78. The van der Waals surface area contributed by atoms with Crippen LogP contribution in [0.15, 0.2) is 72.8 Å². The van der Waals surface area contributed by atoms with Crippen molar-refractivity contribution in [3.63, 3.8) is 0 Å². The van der Waals surface area contributed by atoms with Crippen molar-refractivity contribution in [1.82, 2.24) is 0 Å². The van der Waals surface area contributed by atoms with Gasteiger partial charge in [0.15, 0.2) is 0 Å². The van der Waals surface area contributed by atoms with Gasteiger partial charge < -0.3 is 14.8 Å². The monoisotopic (exact) mass is 429 g/mol. The van der Waals surface area contributed by atoms with Gasteiger partial charge in [0.1, 0.15) is 18.1 Å². The molecule has 1 fully saturated rings. The average Bonchev–Trinajstić information content (AvgIpc) is 2.84. The summed E-state index contributed by atoms with van der Waals surface area (Å²) in [5, 5.41) is 3.52. The molecule has 0 saturated heterocycles. The molecule has 0 unspecified atom stereocenters. The van der Waals surface area contributed by atoms with E-state index in [4.69, 9.17) is 9.47 Å². The zero-order valence-electron chi connectivity index (χ0n) is 19.2. The summed E-state index contributed by atoms with van der Waals surface area (Å²) >= 11 is 0. The van der Waals surface area contributed by atoms with Gasteiger partial charge >= 0.3 is 0 Å². The van der Waals surface area contributed by atoms with Crippen LogP contribution in [0.4, 0.5) is 11.4 Å². The summed E-state index contributed by atoms with van der Waals surface area (Å²) in [6.07, 6.45) is 9.53. The lowest BCUT2D eigenvalue weighted by molar-refractivity contribution is 0.269. The molecular weight excluding hydrogens is 394 g/mol. The zero-order valence-corrected chi connectivity index (χ0v) is 19.2. The van der Waals surface area contributed by atoms with Gasteiger partial charge in [-0.15, -0.1) is 0 Å². The van der Waals surface area contributed by atoms with E-state index in [0.29, 0.717) is 6.61 Å². The maximum absolute atomic E-state index is 6.04. The quantitative estimate of drug-likeness (QED) is 0.331. The molecule has 0 radical (unpaired) electrons. The van der Waals surface area contributed by atoms with Crippen LogP contribution in [0.5, 0.6) is 11.5 Å². The van der Waals surface area contributed by atoms with Gasteiger partial charge in [0.2, 0.25) is 0 Å². The first-order valence-corrected chi connectivity index (χ1v) is 12.0. The maximum atomic E-state index is 6.04. The molecule has 3 nitrogen and oxygen atoms in total. The smallest absolute Gasteiger partial charge is 0.121 e. The van der Waals surface area contributed by atoms with Crippen molar-refractivity contribution in [2.24, 2.45) is 5.92 Å². The molecule has 0 heterocycles. The summed E-state index contributed by atoms with van der Waals surface area (Å²) in [6, 6.07) is 24.7. The Morgan fingerprint density at radius 1 is 0.812 bits per heavy atom. The van der Waals surface area contributed by atoms with Crippen molar-refractivity contribution in [1.29, 1.82) is 0 Å². The van der Waals surface area contributed by atoms with Gasteiger partial charge in [-0.05, 0) is 67.1 Å². The van der Waals surface area contributed by atoms with Gasteiger partial charge in [-0.25, -0.2) is 0 Å². The lowest BCUT2D eigenvalue weighted by atomic mass is 9.86. The number of benzene rings is 3. The summed E-state index contributed by atoms with van der Waals surface area (Å²) in [4.78, 5) is 0. The molecular formula is C29H35NO2. The minimum absolute atomic E-state index is 0.577. The Kier molecular flexibility index (Phi) is 8.08. The van der Waals surface area contributed by atoms with E-state index < -0.39 is 0 Å². The van der Waals surface area contributed by atoms with E-state index in [2.05, 4.69) is 48.6 Å². The van der Waals surface area contributed by atoms with E-state index in [0.717, 1.165) is 47.4 Å². The summed E-state index contributed by atoms with van der Waals surface area (Å²) in [6.45, 7) is 3.48. The fourth-order valence-corrected chi connectivity index (χ4v) is 4.46. The first-order chi connectivity index (χ1) is 15.8. The van der Waals surface area contributed by atoms with Crippen LogP contribution in [0.1, 0.15) is 56.1 Å². The first kappa shape index (κ1) is 22.3. The second kappa shape index (κ2) is 11.6. The molecule has 1 saturated carbocycles. The second-order valence-corrected chi connectivity index (χ2v) is 8.90. The van der Waals surface area contributed by atoms with Crippen molar-refractivity contribution >= 4 is 11.4 Å². The molecule has 0 spiro atoms. The third-order valence-corrected chi connectivity index (χ3v) is 6.31. The van der Waals surface area contributed by atoms with E-state index in [-0.39, 0.29) is 0 Å². The van der Waals surface area contributed by atoms with Gasteiger partial charge in [-0.2, -0.15) is 0 Å². The predicted octanol–water partition coefficient (Wildman–Crippen LogP) is 8.06. The minimum atomic E-state index is 0.577. The molecule has 0 aromatic heterocycles. The van der Waals surface area contributed by atoms with Gasteiger partial charge in [-0.3, -0.25) is 0 Å². The van der Waals surface area contributed by atoms with E-state index in [9.17, 15) is 0 Å². The molecule has 1 N–H and O–H groups in total. The Morgan fingerprint density at radius 2 is 1.62 bits per heavy atom. The molecule has 0 bridgehead atoms. The molecule has 3 aromatic carbocycles. The number of anilines is 2. The molecule has 0 atom stereocenters. The van der Waals surface area contributed by atoms with Crippen molar-refractivity contribution in [2.45, 2.75) is 58.5 Å². The van der Waals surface area contributed by atoms with Crippen molar-refractivity contribution in [3.8, 4) is 11.5 Å². The van der Waals surface area contributed by atoms with E-state index in [1.807, 2.05) is 36.4 Å². The predicted molar refractivity (Wildman–Crippen MR) is 133 cm³/mol. The van der Waals surface area contributed by atoms with E-state index in [1.54, 1.807) is 0 Å². The number of nitrogens with one attached hydrogen (secondary N) is 1. The molecule has 168 valence electrons. The number of hydrogen-bond acceptors (Lipinski definition) is 3. The number of rotatable bonds is 10. The van der Waals surface area contributed by atoms with Crippen LogP contribution in [-0.2, 0) is 6.61 Å². The molecule has 0 aliphatic heterocycles. The number of ether oxygens (including phenoxy) is 2. The standard InChI is InChI=1S/C29H35NO2/c1-23-20-28(32-22-25-12-6-3-7-13-25)17-18-29(23)30-26-15-8-16-27(21-26)31-19-9-14-24-10-4-2-5-11-24/h3,6-8,12-13,15-18,20-21,24,30H,2,4-5,9-11,14,19,22H2,1H3. The Labute approximate surface area is 192 Å². The molecule has 1 aliphatic rings. The summed E-state index contributed by atoms with van der Waals surface area (Å²) < 4.78 is 12.0. The minimum Gasteiger partial charge on any atom is -0.494 e. The van der Waals surface area contributed by atoms with Gasteiger partial charge in [-0.1, -0.05) is 68.5 Å². The lowest BCUT2D eigenvalue weighted by Crippen LogP contribution is -2.08. The van der Waals surface area contributed by atoms with Crippen molar-refractivity contribution in [3.05, 3.63) is 83.9 Å². The number of hydrogen-bond donors (Lipinski definition) is 1. The van der Waals surface area contributed by atoms with Crippen molar-refractivity contribution < 1.29 is 9.47 Å². The zero-order chi connectivity index (χ0) is 22.0.